The summed E-state index contributed by atoms with van der Waals surface area (Å²) in [5.41, 5.74) is -0.859. The van der Waals surface area contributed by atoms with Crippen LogP contribution in [0.25, 0.3) is 0 Å². The lowest BCUT2D eigenvalue weighted by atomic mass is 9.71. The highest BCUT2D eigenvalue weighted by atomic mass is 19.1. The van der Waals surface area contributed by atoms with Crippen LogP contribution in [0.1, 0.15) is 24.8 Å². The van der Waals surface area contributed by atoms with Gasteiger partial charge in [0.15, 0.2) is 0 Å². The van der Waals surface area contributed by atoms with Gasteiger partial charge < -0.3 is 15.3 Å². The second-order valence-corrected chi connectivity index (χ2v) is 6.55. The molecule has 2 amide bonds. The lowest BCUT2D eigenvalue weighted by molar-refractivity contribution is -0.154. The molecule has 0 saturated carbocycles. The molecule has 1 aromatic rings. The van der Waals surface area contributed by atoms with Crippen LogP contribution in [0.4, 0.5) is 8.78 Å². The largest absolute Gasteiger partial charge is 0.392 e. The highest BCUT2D eigenvalue weighted by molar-refractivity contribution is 5.86. The number of nitrogens with one attached hydrogen (secondary N) is 1. The van der Waals surface area contributed by atoms with Gasteiger partial charge in [0, 0.05) is 25.7 Å². The van der Waals surface area contributed by atoms with E-state index in [1.807, 2.05) is 0 Å². The van der Waals surface area contributed by atoms with Gasteiger partial charge in [0.25, 0.3) is 0 Å². The Bertz CT molecular complexity index is 667. The summed E-state index contributed by atoms with van der Waals surface area (Å²) in [5, 5.41) is 13.1. The number of nitrogens with zero attached hydrogens (tertiary/aromatic N) is 1. The minimum atomic E-state index is -0.979. The Morgan fingerprint density at radius 3 is 2.92 bits per heavy atom. The molecule has 2 atom stereocenters. The predicted octanol–water partition coefficient (Wildman–Crippen LogP) is 0.997. The average Bonchev–Trinajstić information content (AvgIpc) is 2.55. The number of hydrogen-bond acceptors (Lipinski definition) is 3. The first-order valence-corrected chi connectivity index (χ1v) is 8.10. The fourth-order valence-electron chi connectivity index (χ4n) is 3.60. The van der Waals surface area contributed by atoms with Crippen molar-refractivity contribution < 1.29 is 23.5 Å². The van der Waals surface area contributed by atoms with E-state index < -0.39 is 23.2 Å². The van der Waals surface area contributed by atoms with Gasteiger partial charge in [-0.25, -0.2) is 8.78 Å². The highest BCUT2D eigenvalue weighted by Gasteiger charge is 2.50. The Balaban J connectivity index is 1.74. The van der Waals surface area contributed by atoms with E-state index in [1.54, 1.807) is 0 Å². The third-order valence-electron chi connectivity index (χ3n) is 5.03. The Hall–Kier alpha value is -2.02. The number of amides is 2. The maximum absolute atomic E-state index is 13.7. The van der Waals surface area contributed by atoms with E-state index in [0.717, 1.165) is 18.6 Å². The van der Waals surface area contributed by atoms with E-state index in [1.165, 1.54) is 11.0 Å². The Morgan fingerprint density at radius 1 is 1.42 bits per heavy atom. The third-order valence-corrected chi connectivity index (χ3v) is 5.03. The van der Waals surface area contributed by atoms with Crippen molar-refractivity contribution >= 4 is 11.8 Å². The molecule has 2 aliphatic rings. The van der Waals surface area contributed by atoms with Crippen molar-refractivity contribution in [3.63, 3.8) is 0 Å². The molecule has 1 aromatic carbocycles. The molecule has 0 unspecified atom stereocenters. The van der Waals surface area contributed by atoms with Crippen molar-refractivity contribution in [3.05, 3.63) is 35.4 Å². The van der Waals surface area contributed by atoms with E-state index in [9.17, 15) is 23.5 Å². The van der Waals surface area contributed by atoms with Crippen molar-refractivity contribution in [2.75, 3.05) is 19.6 Å². The number of hydrogen-bond donors (Lipinski definition) is 2. The fourth-order valence-corrected chi connectivity index (χ4v) is 3.60. The maximum Gasteiger partial charge on any atom is 0.230 e. The van der Waals surface area contributed by atoms with Gasteiger partial charge in [-0.05, 0) is 30.9 Å². The van der Waals surface area contributed by atoms with Crippen molar-refractivity contribution in [3.8, 4) is 0 Å². The summed E-state index contributed by atoms with van der Waals surface area (Å²) < 4.78 is 26.7. The van der Waals surface area contributed by atoms with Crippen LogP contribution in [-0.4, -0.2) is 47.6 Å². The van der Waals surface area contributed by atoms with Crippen molar-refractivity contribution in [1.29, 1.82) is 0 Å². The standard InChI is InChI=1S/C17H20F2N2O3/c18-12-3-2-11(13(19)9-12)8-15(23)21-7-4-14(22)17(10-21)5-1-6-20-16(17)24/h2-3,9,14,22H,1,4-8,10H2,(H,20,24)/t14-,17+/m0/s1. The van der Waals surface area contributed by atoms with Crippen LogP contribution in [0.2, 0.25) is 0 Å². The normalized spacial score (nSPS) is 27.2. The van der Waals surface area contributed by atoms with Gasteiger partial charge in [0.05, 0.1) is 17.9 Å². The molecule has 0 bridgehead atoms. The van der Waals surface area contributed by atoms with Crippen LogP contribution in [0, 0.1) is 17.0 Å². The van der Waals surface area contributed by atoms with Crippen LogP contribution >= 0.6 is 0 Å². The van der Waals surface area contributed by atoms with E-state index in [4.69, 9.17) is 0 Å². The molecule has 2 aliphatic heterocycles. The number of rotatable bonds is 2. The van der Waals surface area contributed by atoms with Gasteiger partial charge in [-0.3, -0.25) is 9.59 Å². The summed E-state index contributed by atoms with van der Waals surface area (Å²) in [6, 6.07) is 3.12. The Morgan fingerprint density at radius 2 is 2.21 bits per heavy atom. The molecular weight excluding hydrogens is 318 g/mol. The monoisotopic (exact) mass is 338 g/mol. The zero-order valence-electron chi connectivity index (χ0n) is 13.2. The van der Waals surface area contributed by atoms with E-state index in [0.29, 0.717) is 25.9 Å². The summed E-state index contributed by atoms with van der Waals surface area (Å²) >= 11 is 0. The van der Waals surface area contributed by atoms with Gasteiger partial charge in [0.1, 0.15) is 11.6 Å². The Kier molecular flexibility index (Phi) is 4.54. The SMILES string of the molecule is O=C(Cc1ccc(F)cc1F)N1CC[C@H](O)[C@@]2(CCCNC2=O)C1. The van der Waals surface area contributed by atoms with Gasteiger partial charge in [-0.1, -0.05) is 6.07 Å². The molecule has 2 saturated heterocycles. The first-order chi connectivity index (χ1) is 11.4. The van der Waals surface area contributed by atoms with Crippen LogP contribution in [0.3, 0.4) is 0 Å². The zero-order valence-corrected chi connectivity index (χ0v) is 13.2. The molecule has 5 nitrogen and oxygen atoms in total. The molecule has 2 N–H and O–H groups in total. The van der Waals surface area contributed by atoms with E-state index >= 15 is 0 Å². The average molecular weight is 338 g/mol. The second-order valence-electron chi connectivity index (χ2n) is 6.55. The number of likely N-dealkylation sites (tertiary alicyclic amines) is 1. The molecule has 1 spiro atoms. The summed E-state index contributed by atoms with van der Waals surface area (Å²) in [6.45, 7) is 1.02. The lowest BCUT2D eigenvalue weighted by Gasteiger charge is -2.46. The molecule has 0 aliphatic carbocycles. The van der Waals surface area contributed by atoms with E-state index in [2.05, 4.69) is 5.32 Å². The lowest BCUT2D eigenvalue weighted by Crippen LogP contribution is -2.62. The number of carbonyl (C=O) groups is 2. The van der Waals surface area contributed by atoms with Crippen LogP contribution < -0.4 is 5.32 Å². The molecule has 0 radical (unpaired) electrons. The smallest absolute Gasteiger partial charge is 0.230 e. The number of benzene rings is 1. The molecule has 24 heavy (non-hydrogen) atoms. The van der Waals surface area contributed by atoms with E-state index in [-0.39, 0.29) is 30.3 Å². The minimum absolute atomic E-state index is 0.120. The topological polar surface area (TPSA) is 69.6 Å². The molecule has 3 rings (SSSR count). The fraction of sp³-hybridized carbons (Fsp3) is 0.529. The first-order valence-electron chi connectivity index (χ1n) is 8.10. The van der Waals surface area contributed by atoms with Crippen LogP contribution in [0.15, 0.2) is 18.2 Å². The van der Waals surface area contributed by atoms with Crippen molar-refractivity contribution in [2.45, 2.75) is 31.8 Å². The second kappa shape index (κ2) is 6.47. The minimum Gasteiger partial charge on any atom is -0.392 e. The van der Waals surface area contributed by atoms with Crippen molar-refractivity contribution in [1.82, 2.24) is 10.2 Å². The predicted molar refractivity (Wildman–Crippen MR) is 81.9 cm³/mol. The summed E-state index contributed by atoms with van der Waals surface area (Å²) in [5.74, 6) is -2.01. The maximum atomic E-state index is 13.7. The number of halogens is 2. The quantitative estimate of drug-likeness (QED) is 0.845. The molecule has 7 heteroatoms. The number of aliphatic hydroxyl groups excluding tert-OH is 1. The van der Waals surface area contributed by atoms with Crippen molar-refractivity contribution in [2.24, 2.45) is 5.41 Å². The third kappa shape index (κ3) is 3.00. The number of piperidine rings is 2. The van der Waals surface area contributed by atoms with Crippen LogP contribution in [0.5, 0.6) is 0 Å². The zero-order chi connectivity index (χ0) is 17.3. The van der Waals surface area contributed by atoms with Gasteiger partial charge in [0.2, 0.25) is 11.8 Å². The molecule has 2 heterocycles. The summed E-state index contributed by atoms with van der Waals surface area (Å²) in [4.78, 5) is 26.3. The van der Waals surface area contributed by atoms with Gasteiger partial charge in [-0.2, -0.15) is 0 Å². The number of carbonyl (C=O) groups excluding carboxylic acids is 2. The number of aliphatic hydroxyl groups is 1. The summed E-state index contributed by atoms with van der Waals surface area (Å²) in [7, 11) is 0. The summed E-state index contributed by atoms with van der Waals surface area (Å²) in [6.07, 6.45) is 0.598. The molecular formula is C17H20F2N2O3. The van der Waals surface area contributed by atoms with Gasteiger partial charge >= 0.3 is 0 Å². The molecule has 130 valence electrons. The first kappa shape index (κ1) is 16.8. The highest BCUT2D eigenvalue weighted by Crippen LogP contribution is 2.37. The van der Waals surface area contributed by atoms with Crippen LogP contribution in [-0.2, 0) is 16.0 Å². The van der Waals surface area contributed by atoms with Gasteiger partial charge in [-0.15, -0.1) is 0 Å². The molecule has 2 fully saturated rings. The molecule has 0 aromatic heterocycles. The Labute approximate surface area is 138 Å².